The monoisotopic (exact) mass is 288 g/mol. The van der Waals surface area contributed by atoms with Crippen molar-refractivity contribution in [1.82, 2.24) is 20.7 Å². The van der Waals surface area contributed by atoms with Gasteiger partial charge in [0.15, 0.2) is 0 Å². The third-order valence-electron chi connectivity index (χ3n) is 2.63. The Morgan fingerprint density at radius 1 is 1.33 bits per heavy atom. The lowest BCUT2D eigenvalue weighted by Gasteiger charge is -2.19. The molecular weight excluding hydrogens is 268 g/mol. The molecule has 1 aromatic carbocycles. The molecule has 6 nitrogen and oxygen atoms in total. The van der Waals surface area contributed by atoms with Gasteiger partial charge >= 0.3 is 6.09 Å². The summed E-state index contributed by atoms with van der Waals surface area (Å²) >= 11 is 0. The number of rotatable bonds is 4. The Bertz CT molecular complexity index is 640. The molecule has 0 unspecified atom stereocenters. The molecule has 21 heavy (non-hydrogen) atoms. The standard InChI is InChI=1S/C15H20N4O2/c1-15(2,3)21-14(20)16-9-5-4-6-11-7-8-12-13(10-11)18-19-17-12/h4,6-8,10H,5,9H2,1-3H3,(H,16,20)(H,17,18,19). The van der Waals surface area contributed by atoms with Crippen molar-refractivity contribution in [3.8, 4) is 0 Å². The van der Waals surface area contributed by atoms with Crippen molar-refractivity contribution >= 4 is 23.2 Å². The summed E-state index contributed by atoms with van der Waals surface area (Å²) < 4.78 is 5.15. The maximum Gasteiger partial charge on any atom is 0.407 e. The van der Waals surface area contributed by atoms with Gasteiger partial charge in [0.2, 0.25) is 0 Å². The van der Waals surface area contributed by atoms with Gasteiger partial charge in [0, 0.05) is 6.54 Å². The molecule has 2 rings (SSSR count). The van der Waals surface area contributed by atoms with Crippen LogP contribution in [0.15, 0.2) is 24.3 Å². The number of nitrogens with one attached hydrogen (secondary N) is 2. The number of carbonyl (C=O) groups excluding carboxylic acids is 1. The van der Waals surface area contributed by atoms with Crippen molar-refractivity contribution in [2.24, 2.45) is 0 Å². The molecule has 112 valence electrons. The van der Waals surface area contributed by atoms with Gasteiger partial charge in [0.1, 0.15) is 16.6 Å². The molecule has 1 heterocycles. The quantitative estimate of drug-likeness (QED) is 0.848. The van der Waals surface area contributed by atoms with E-state index in [1.807, 2.05) is 51.1 Å². The molecule has 0 bridgehead atoms. The Kier molecular flexibility index (Phi) is 4.57. The van der Waals surface area contributed by atoms with Crippen LogP contribution in [-0.4, -0.2) is 33.6 Å². The average molecular weight is 288 g/mol. The van der Waals surface area contributed by atoms with Crippen molar-refractivity contribution in [2.45, 2.75) is 32.8 Å². The first-order valence-electron chi connectivity index (χ1n) is 6.88. The molecule has 2 aromatic rings. The number of ether oxygens (including phenoxy) is 1. The van der Waals surface area contributed by atoms with Gasteiger partial charge in [-0.3, -0.25) is 0 Å². The van der Waals surface area contributed by atoms with Crippen LogP contribution in [0.25, 0.3) is 17.1 Å². The van der Waals surface area contributed by atoms with E-state index in [0.717, 1.165) is 23.0 Å². The summed E-state index contributed by atoms with van der Waals surface area (Å²) in [6, 6.07) is 5.84. The number of hydrogen-bond donors (Lipinski definition) is 2. The van der Waals surface area contributed by atoms with Crippen LogP contribution < -0.4 is 5.32 Å². The molecule has 0 aliphatic heterocycles. The summed E-state index contributed by atoms with van der Waals surface area (Å²) in [6.07, 6.45) is 4.33. The maximum absolute atomic E-state index is 11.4. The fraction of sp³-hybridized carbons (Fsp3) is 0.400. The molecule has 0 saturated heterocycles. The number of amides is 1. The maximum atomic E-state index is 11.4. The molecule has 0 spiro atoms. The van der Waals surface area contributed by atoms with Crippen molar-refractivity contribution < 1.29 is 9.53 Å². The van der Waals surface area contributed by atoms with E-state index in [9.17, 15) is 4.79 Å². The molecule has 6 heteroatoms. The van der Waals surface area contributed by atoms with Crippen molar-refractivity contribution in [1.29, 1.82) is 0 Å². The highest BCUT2D eigenvalue weighted by Crippen LogP contribution is 2.12. The first-order chi connectivity index (χ1) is 9.94. The normalized spacial score (nSPS) is 12.0. The summed E-state index contributed by atoms with van der Waals surface area (Å²) in [6.45, 7) is 6.06. The van der Waals surface area contributed by atoms with E-state index in [-0.39, 0.29) is 6.09 Å². The molecule has 0 aliphatic rings. The zero-order valence-electron chi connectivity index (χ0n) is 12.5. The number of carbonyl (C=O) groups is 1. The fourth-order valence-electron chi connectivity index (χ4n) is 1.75. The number of hydrogen-bond acceptors (Lipinski definition) is 4. The van der Waals surface area contributed by atoms with Gasteiger partial charge in [0.05, 0.1) is 0 Å². The lowest BCUT2D eigenvalue weighted by Crippen LogP contribution is -2.32. The second kappa shape index (κ2) is 6.39. The summed E-state index contributed by atoms with van der Waals surface area (Å²) in [7, 11) is 0. The van der Waals surface area contributed by atoms with Crippen LogP contribution in [0.1, 0.15) is 32.8 Å². The number of H-pyrrole nitrogens is 1. The van der Waals surface area contributed by atoms with Crippen LogP contribution in [0.4, 0.5) is 4.79 Å². The number of aromatic nitrogens is 3. The number of nitrogens with zero attached hydrogens (tertiary/aromatic N) is 2. The lowest BCUT2D eigenvalue weighted by atomic mass is 10.2. The van der Waals surface area contributed by atoms with Crippen LogP contribution in [0, 0.1) is 0 Å². The summed E-state index contributed by atoms with van der Waals surface area (Å²) in [5.74, 6) is 0. The Morgan fingerprint density at radius 3 is 2.86 bits per heavy atom. The van der Waals surface area contributed by atoms with E-state index in [2.05, 4.69) is 20.7 Å². The predicted octanol–water partition coefficient (Wildman–Crippen LogP) is 2.89. The Balaban J connectivity index is 1.76. The molecule has 1 amide bonds. The van der Waals surface area contributed by atoms with E-state index >= 15 is 0 Å². The zero-order valence-corrected chi connectivity index (χ0v) is 12.5. The summed E-state index contributed by atoms with van der Waals surface area (Å²) in [4.78, 5) is 11.4. The van der Waals surface area contributed by atoms with Gasteiger partial charge in [-0.2, -0.15) is 15.4 Å². The Labute approximate surface area is 123 Å². The summed E-state index contributed by atoms with van der Waals surface area (Å²) in [5.41, 5.74) is 2.27. The van der Waals surface area contributed by atoms with Crippen LogP contribution >= 0.6 is 0 Å². The minimum atomic E-state index is -0.465. The zero-order chi connectivity index (χ0) is 15.3. The van der Waals surface area contributed by atoms with Gasteiger partial charge in [-0.05, 0) is 44.9 Å². The minimum absolute atomic E-state index is 0.389. The molecule has 0 fully saturated rings. The summed E-state index contributed by atoms with van der Waals surface area (Å²) in [5, 5.41) is 13.3. The minimum Gasteiger partial charge on any atom is -0.444 e. The number of aromatic amines is 1. The highest BCUT2D eigenvalue weighted by atomic mass is 16.6. The largest absolute Gasteiger partial charge is 0.444 e. The van der Waals surface area contributed by atoms with Gasteiger partial charge in [0.25, 0.3) is 0 Å². The fourth-order valence-corrected chi connectivity index (χ4v) is 1.75. The van der Waals surface area contributed by atoms with E-state index in [0.29, 0.717) is 6.54 Å². The van der Waals surface area contributed by atoms with Gasteiger partial charge in [-0.25, -0.2) is 4.79 Å². The molecule has 0 saturated carbocycles. The molecule has 0 atom stereocenters. The van der Waals surface area contributed by atoms with E-state index in [1.54, 1.807) is 0 Å². The third kappa shape index (κ3) is 4.91. The van der Waals surface area contributed by atoms with Gasteiger partial charge in [-0.15, -0.1) is 0 Å². The van der Waals surface area contributed by atoms with E-state index in [4.69, 9.17) is 4.74 Å². The van der Waals surface area contributed by atoms with E-state index < -0.39 is 5.60 Å². The molecule has 2 N–H and O–H groups in total. The molecular formula is C15H20N4O2. The Morgan fingerprint density at radius 2 is 2.10 bits per heavy atom. The van der Waals surface area contributed by atoms with Crippen LogP contribution in [-0.2, 0) is 4.74 Å². The predicted molar refractivity (Wildman–Crippen MR) is 81.8 cm³/mol. The second-order valence-corrected chi connectivity index (χ2v) is 5.69. The van der Waals surface area contributed by atoms with Crippen molar-refractivity contribution in [3.05, 3.63) is 29.8 Å². The molecule has 0 aliphatic carbocycles. The number of alkyl carbamates (subject to hydrolysis) is 1. The van der Waals surface area contributed by atoms with E-state index in [1.165, 1.54) is 0 Å². The first-order valence-corrected chi connectivity index (χ1v) is 6.88. The van der Waals surface area contributed by atoms with Crippen molar-refractivity contribution in [3.63, 3.8) is 0 Å². The molecule has 1 aromatic heterocycles. The van der Waals surface area contributed by atoms with Crippen LogP contribution in [0.5, 0.6) is 0 Å². The van der Waals surface area contributed by atoms with Gasteiger partial charge < -0.3 is 10.1 Å². The van der Waals surface area contributed by atoms with Crippen LogP contribution in [0.2, 0.25) is 0 Å². The lowest BCUT2D eigenvalue weighted by molar-refractivity contribution is 0.0529. The Hall–Kier alpha value is -2.37. The average Bonchev–Trinajstić information content (AvgIpc) is 2.83. The topological polar surface area (TPSA) is 79.9 Å². The SMILES string of the molecule is CC(C)(C)OC(=O)NCCC=Cc1ccc2n[nH]nc2c1. The second-order valence-electron chi connectivity index (χ2n) is 5.69. The number of fused-ring (bicyclic) bond motifs is 1. The molecule has 0 radical (unpaired) electrons. The first kappa shape index (κ1) is 15.0. The van der Waals surface area contributed by atoms with Crippen LogP contribution in [0.3, 0.4) is 0 Å². The highest BCUT2D eigenvalue weighted by molar-refractivity contribution is 5.76. The third-order valence-corrected chi connectivity index (χ3v) is 2.63. The smallest absolute Gasteiger partial charge is 0.407 e. The highest BCUT2D eigenvalue weighted by Gasteiger charge is 2.15. The van der Waals surface area contributed by atoms with Crippen molar-refractivity contribution in [2.75, 3.05) is 6.54 Å². The van der Waals surface area contributed by atoms with Gasteiger partial charge in [-0.1, -0.05) is 18.2 Å². The number of benzene rings is 1.